The van der Waals surface area contributed by atoms with Gasteiger partial charge in [-0.2, -0.15) is 0 Å². The summed E-state index contributed by atoms with van der Waals surface area (Å²) in [5.41, 5.74) is -1.04. The molecule has 168 valence electrons. The van der Waals surface area contributed by atoms with Gasteiger partial charge in [0.1, 0.15) is 11.4 Å². The summed E-state index contributed by atoms with van der Waals surface area (Å²) in [4.78, 5) is 43.4. The molecule has 3 heterocycles. The van der Waals surface area contributed by atoms with Crippen LogP contribution in [0.4, 0.5) is 9.18 Å². The van der Waals surface area contributed by atoms with Crippen LogP contribution in [0.5, 0.6) is 0 Å². The highest BCUT2D eigenvalue weighted by Gasteiger charge is 2.25. The third-order valence-corrected chi connectivity index (χ3v) is 5.78. The maximum absolute atomic E-state index is 14.5. The minimum atomic E-state index is -0.800. The lowest BCUT2D eigenvalue weighted by molar-refractivity contribution is 0.0540. The number of carbonyl (C=O) groups excluding carboxylic acids is 1. The van der Waals surface area contributed by atoms with Gasteiger partial charge in [-0.3, -0.25) is 13.9 Å². The Morgan fingerprint density at radius 1 is 1.19 bits per heavy atom. The molecule has 0 unspecified atom stereocenters. The van der Waals surface area contributed by atoms with Crippen molar-refractivity contribution in [1.29, 1.82) is 0 Å². The third-order valence-electron chi connectivity index (χ3n) is 5.07. The normalized spacial score (nSPS) is 12.1. The average molecular weight is 506 g/mol. The van der Waals surface area contributed by atoms with E-state index in [2.05, 4.69) is 20.9 Å². The van der Waals surface area contributed by atoms with E-state index in [1.54, 1.807) is 33.9 Å². The molecule has 0 amide bonds. The first-order valence-corrected chi connectivity index (χ1v) is 10.5. The van der Waals surface area contributed by atoms with Crippen molar-refractivity contribution in [3.63, 3.8) is 0 Å². The third kappa shape index (κ3) is 3.46. The zero-order valence-electron chi connectivity index (χ0n) is 18.1. The van der Waals surface area contributed by atoms with Crippen molar-refractivity contribution in [3.05, 3.63) is 61.3 Å². The number of hydrogen-bond donors (Lipinski definition) is 0. The molecule has 0 fully saturated rings. The number of benzene rings is 1. The Morgan fingerprint density at radius 3 is 2.53 bits per heavy atom. The topological polar surface area (TPSA) is 93.1 Å². The molecule has 0 atom stereocenters. The Bertz CT molecular complexity index is 1520. The predicted octanol–water partition coefficient (Wildman–Crippen LogP) is 3.12. The summed E-state index contributed by atoms with van der Waals surface area (Å²) in [6.45, 7) is 4.87. The highest BCUT2D eigenvalue weighted by molar-refractivity contribution is 9.10. The Balaban J connectivity index is 1.97. The van der Waals surface area contributed by atoms with Gasteiger partial charge >= 0.3 is 11.8 Å². The Kier molecular flexibility index (Phi) is 5.11. The highest BCUT2D eigenvalue weighted by atomic mass is 79.9. The minimum absolute atomic E-state index is 0.183. The van der Waals surface area contributed by atoms with Crippen LogP contribution < -0.4 is 11.2 Å². The molecule has 0 spiro atoms. The van der Waals surface area contributed by atoms with Crippen LogP contribution in [0.3, 0.4) is 0 Å². The molecule has 4 rings (SSSR count). The molecular formula is C21H21BrFN5O4. The summed E-state index contributed by atoms with van der Waals surface area (Å²) < 4.78 is 25.3. The number of aryl methyl sites for hydroxylation is 2. The summed E-state index contributed by atoms with van der Waals surface area (Å²) in [5.74, 6) is -0.530. The van der Waals surface area contributed by atoms with E-state index in [4.69, 9.17) is 4.74 Å². The van der Waals surface area contributed by atoms with Gasteiger partial charge in [-0.1, -0.05) is 6.07 Å². The van der Waals surface area contributed by atoms with Crippen molar-refractivity contribution in [2.75, 3.05) is 0 Å². The first-order chi connectivity index (χ1) is 14.9. The van der Waals surface area contributed by atoms with Gasteiger partial charge in [0.25, 0.3) is 5.56 Å². The largest absolute Gasteiger partial charge is 0.443 e. The summed E-state index contributed by atoms with van der Waals surface area (Å²) in [5, 5.41) is 0.183. The number of nitrogens with zero attached hydrogens (tertiary/aromatic N) is 5. The smallest absolute Gasteiger partial charge is 0.419 e. The standard InChI is InChI=1S/C21H21BrFN5O4/c1-21(2,3)32-20(31)28-11(9-12-13(23)7-6-8-14(12)28)10-27-17(29)15-16(26(5)19(27)30)24-18(22)25(15)4/h6-9H,10H2,1-5H3. The zero-order chi connectivity index (χ0) is 23.5. The van der Waals surface area contributed by atoms with E-state index in [0.717, 1.165) is 4.57 Å². The molecule has 0 aliphatic carbocycles. The van der Waals surface area contributed by atoms with Gasteiger partial charge in [0.05, 0.1) is 17.8 Å². The molecule has 0 bridgehead atoms. The van der Waals surface area contributed by atoms with Gasteiger partial charge in [0, 0.05) is 19.5 Å². The van der Waals surface area contributed by atoms with E-state index >= 15 is 0 Å². The number of fused-ring (bicyclic) bond motifs is 2. The van der Waals surface area contributed by atoms with Crippen molar-refractivity contribution in [1.82, 2.24) is 23.3 Å². The fraction of sp³-hybridized carbons (Fsp3) is 0.333. The first kappa shape index (κ1) is 22.0. The fourth-order valence-electron chi connectivity index (χ4n) is 3.61. The summed E-state index contributed by atoms with van der Waals surface area (Å²) >= 11 is 3.26. The molecule has 9 nitrogen and oxygen atoms in total. The van der Waals surface area contributed by atoms with Crippen LogP contribution in [0, 0.1) is 5.82 Å². The molecule has 4 aromatic rings. The lowest BCUT2D eigenvalue weighted by atomic mass is 10.2. The van der Waals surface area contributed by atoms with Gasteiger partial charge in [0.15, 0.2) is 15.9 Å². The summed E-state index contributed by atoms with van der Waals surface area (Å²) in [6, 6.07) is 5.78. The molecular weight excluding hydrogens is 485 g/mol. The van der Waals surface area contributed by atoms with Gasteiger partial charge in [0.2, 0.25) is 0 Å². The molecule has 0 aliphatic rings. The number of carbonyl (C=O) groups is 1. The zero-order valence-corrected chi connectivity index (χ0v) is 19.7. The van der Waals surface area contributed by atoms with Crippen molar-refractivity contribution < 1.29 is 13.9 Å². The maximum Gasteiger partial charge on any atom is 0.419 e. The molecule has 0 aliphatic heterocycles. The van der Waals surface area contributed by atoms with Crippen LogP contribution in [0.15, 0.2) is 38.6 Å². The van der Waals surface area contributed by atoms with E-state index < -0.39 is 28.8 Å². The number of imidazole rings is 1. The highest BCUT2D eigenvalue weighted by Crippen LogP contribution is 2.25. The van der Waals surface area contributed by atoms with Gasteiger partial charge in [-0.05, 0) is 54.9 Å². The van der Waals surface area contributed by atoms with Crippen LogP contribution >= 0.6 is 15.9 Å². The summed E-state index contributed by atoms with van der Waals surface area (Å²) in [7, 11) is 3.14. The Labute approximate surface area is 189 Å². The van der Waals surface area contributed by atoms with Crippen molar-refractivity contribution in [3.8, 4) is 0 Å². The van der Waals surface area contributed by atoms with E-state index in [-0.39, 0.29) is 34.3 Å². The summed E-state index contributed by atoms with van der Waals surface area (Å²) in [6.07, 6.45) is -0.734. The van der Waals surface area contributed by atoms with E-state index in [9.17, 15) is 18.8 Å². The average Bonchev–Trinajstić information content (AvgIpc) is 3.21. The number of halogens is 2. The number of aromatic nitrogens is 5. The number of ether oxygens (including phenoxy) is 1. The van der Waals surface area contributed by atoms with Crippen molar-refractivity contribution >= 4 is 44.1 Å². The van der Waals surface area contributed by atoms with E-state index in [0.29, 0.717) is 4.73 Å². The fourth-order valence-corrected chi connectivity index (χ4v) is 3.95. The first-order valence-electron chi connectivity index (χ1n) is 9.74. The molecule has 0 saturated carbocycles. The molecule has 32 heavy (non-hydrogen) atoms. The van der Waals surface area contributed by atoms with Gasteiger partial charge in [-0.15, -0.1) is 0 Å². The van der Waals surface area contributed by atoms with Crippen LogP contribution in [0.25, 0.3) is 22.1 Å². The predicted molar refractivity (Wildman–Crippen MR) is 121 cm³/mol. The molecule has 0 radical (unpaired) electrons. The molecule has 0 N–H and O–H groups in total. The lowest BCUT2D eigenvalue weighted by Crippen LogP contribution is -2.40. The Morgan fingerprint density at radius 2 is 1.88 bits per heavy atom. The van der Waals surface area contributed by atoms with Crippen LogP contribution in [0.2, 0.25) is 0 Å². The SMILES string of the molecule is Cn1c(Br)nc2c1c(=O)n(Cc1cc3c(F)cccc3n1C(=O)OC(C)(C)C)c(=O)n2C. The van der Waals surface area contributed by atoms with Crippen molar-refractivity contribution in [2.45, 2.75) is 32.9 Å². The number of hydrogen-bond acceptors (Lipinski definition) is 5. The van der Waals surface area contributed by atoms with E-state index in [1.807, 2.05) is 0 Å². The molecule has 1 aromatic carbocycles. The second-order valence-electron chi connectivity index (χ2n) is 8.47. The monoisotopic (exact) mass is 505 g/mol. The van der Waals surface area contributed by atoms with Crippen LogP contribution in [-0.4, -0.2) is 34.9 Å². The van der Waals surface area contributed by atoms with Crippen LogP contribution in [0.1, 0.15) is 26.5 Å². The second-order valence-corrected chi connectivity index (χ2v) is 9.18. The number of rotatable bonds is 2. The van der Waals surface area contributed by atoms with Gasteiger partial charge < -0.3 is 9.30 Å². The molecule has 0 saturated heterocycles. The van der Waals surface area contributed by atoms with Gasteiger partial charge in [-0.25, -0.2) is 23.5 Å². The van der Waals surface area contributed by atoms with Crippen molar-refractivity contribution in [2.24, 2.45) is 14.1 Å². The quantitative estimate of drug-likeness (QED) is 0.390. The van der Waals surface area contributed by atoms with Crippen LogP contribution in [-0.2, 0) is 25.4 Å². The lowest BCUT2D eigenvalue weighted by Gasteiger charge is -2.21. The molecule has 11 heteroatoms. The second kappa shape index (κ2) is 7.44. The minimum Gasteiger partial charge on any atom is -0.443 e. The molecule has 3 aromatic heterocycles. The maximum atomic E-state index is 14.5. The van der Waals surface area contributed by atoms with E-state index in [1.165, 1.54) is 38.9 Å². The Hall–Kier alpha value is -3.21.